The van der Waals surface area contributed by atoms with Gasteiger partial charge in [0.25, 0.3) is 0 Å². The Morgan fingerprint density at radius 3 is 1.76 bits per heavy atom. The van der Waals surface area contributed by atoms with E-state index in [1.807, 2.05) is 30.3 Å². The van der Waals surface area contributed by atoms with Gasteiger partial charge in [-0.3, -0.25) is 4.57 Å². The van der Waals surface area contributed by atoms with Crippen LogP contribution >= 0.6 is 11.3 Å². The zero-order valence-corrected chi connectivity index (χ0v) is 32.4. The molecule has 6 nitrogen and oxygen atoms in total. The topological polar surface area (TPSA) is 61.4 Å². The first kappa shape index (κ1) is 33.4. The molecule has 0 amide bonds. The van der Waals surface area contributed by atoms with E-state index in [2.05, 4.69) is 173 Å². The number of rotatable bonds is 6. The number of nitrogens with zero attached hydrogens (tertiary/aromatic N) is 6. The first-order valence-corrected chi connectivity index (χ1v) is 20.5. The molecule has 0 aliphatic heterocycles. The SMILES string of the molecule is c1ccc(-c2nc(-c3ccc4c5ccccc5n(-c5ccccc5)c4c3)nc(-c3cccc4sc5cc(-c6nc7ccccc7n6-c6ccccc6)ccc5c34)n2)cc1. The van der Waals surface area contributed by atoms with Gasteiger partial charge in [0.05, 0.1) is 22.1 Å². The van der Waals surface area contributed by atoms with Crippen molar-refractivity contribution >= 4 is 64.3 Å². The summed E-state index contributed by atoms with van der Waals surface area (Å²) in [6.45, 7) is 0. The molecule has 12 rings (SSSR count). The number of benzene rings is 8. The number of hydrogen-bond donors (Lipinski definition) is 0. The molecule has 276 valence electrons. The van der Waals surface area contributed by atoms with Crippen molar-refractivity contribution < 1.29 is 0 Å². The molecule has 59 heavy (non-hydrogen) atoms. The first-order valence-electron chi connectivity index (χ1n) is 19.6. The van der Waals surface area contributed by atoms with Crippen molar-refractivity contribution in [3.05, 3.63) is 194 Å². The lowest BCUT2D eigenvalue weighted by molar-refractivity contribution is 1.08. The molecule has 0 radical (unpaired) electrons. The van der Waals surface area contributed by atoms with Gasteiger partial charge in [0.2, 0.25) is 0 Å². The lowest BCUT2D eigenvalue weighted by atomic mass is 10.0. The molecule has 0 N–H and O–H groups in total. The third-order valence-electron chi connectivity index (χ3n) is 11.2. The molecule has 0 spiro atoms. The van der Waals surface area contributed by atoms with Gasteiger partial charge < -0.3 is 4.57 Å². The van der Waals surface area contributed by atoms with E-state index < -0.39 is 0 Å². The Hall–Kier alpha value is -7.74. The predicted molar refractivity (Wildman–Crippen MR) is 243 cm³/mol. The number of fused-ring (bicyclic) bond motifs is 7. The second-order valence-corrected chi connectivity index (χ2v) is 15.8. The standard InChI is InChI=1S/C52H32N6S/c1-4-15-33(16-5-1)49-54-50(34-27-29-39-38-21-10-12-24-43(38)57(45(39)31-34)36-17-6-2-7-18-36)56-51(55-49)41-22-14-26-46-48(41)40-30-28-35(32-47(40)59-46)52-53-42-23-11-13-25-44(42)58(52)37-19-8-3-9-20-37/h1-32H. The zero-order valence-electron chi connectivity index (χ0n) is 31.6. The monoisotopic (exact) mass is 772 g/mol. The lowest BCUT2D eigenvalue weighted by Crippen LogP contribution is -2.00. The maximum absolute atomic E-state index is 5.29. The average molecular weight is 773 g/mol. The van der Waals surface area contributed by atoms with Crippen molar-refractivity contribution in [2.75, 3.05) is 0 Å². The summed E-state index contributed by atoms with van der Waals surface area (Å²) in [6, 6.07) is 67.8. The van der Waals surface area contributed by atoms with Gasteiger partial charge in [-0.25, -0.2) is 19.9 Å². The van der Waals surface area contributed by atoms with E-state index in [0.29, 0.717) is 17.5 Å². The first-order chi connectivity index (χ1) is 29.2. The van der Waals surface area contributed by atoms with E-state index in [0.717, 1.165) is 72.3 Å². The summed E-state index contributed by atoms with van der Waals surface area (Å²) in [4.78, 5) is 20.8. The zero-order chi connectivity index (χ0) is 38.9. The Morgan fingerprint density at radius 1 is 0.356 bits per heavy atom. The van der Waals surface area contributed by atoms with Gasteiger partial charge in [-0.05, 0) is 60.7 Å². The molecule has 0 fully saturated rings. The molecule has 8 aromatic carbocycles. The third-order valence-corrected chi connectivity index (χ3v) is 12.3. The molecule has 4 aromatic heterocycles. The van der Waals surface area contributed by atoms with Crippen LogP contribution in [0.4, 0.5) is 0 Å². The van der Waals surface area contributed by atoms with Crippen LogP contribution in [-0.4, -0.2) is 29.1 Å². The lowest BCUT2D eigenvalue weighted by Gasteiger charge is -2.11. The van der Waals surface area contributed by atoms with Crippen molar-refractivity contribution in [3.8, 4) is 56.9 Å². The van der Waals surface area contributed by atoms with Gasteiger partial charge in [0.15, 0.2) is 17.5 Å². The summed E-state index contributed by atoms with van der Waals surface area (Å²) in [5, 5.41) is 4.67. The van der Waals surface area contributed by atoms with Gasteiger partial charge in [0.1, 0.15) is 5.82 Å². The highest BCUT2D eigenvalue weighted by Crippen LogP contribution is 2.42. The smallest absolute Gasteiger partial charge is 0.164 e. The summed E-state index contributed by atoms with van der Waals surface area (Å²) >= 11 is 1.78. The number of para-hydroxylation sites is 5. The Kier molecular flexibility index (Phi) is 7.61. The van der Waals surface area contributed by atoms with E-state index in [1.54, 1.807) is 11.3 Å². The summed E-state index contributed by atoms with van der Waals surface area (Å²) < 4.78 is 6.93. The normalized spacial score (nSPS) is 11.7. The van der Waals surface area contributed by atoms with Crippen LogP contribution in [0.1, 0.15) is 0 Å². The Labute approximate surface area is 343 Å². The van der Waals surface area contributed by atoms with Gasteiger partial charge >= 0.3 is 0 Å². The quantitative estimate of drug-likeness (QED) is 0.169. The average Bonchev–Trinajstić information content (AvgIpc) is 3.99. The summed E-state index contributed by atoms with van der Waals surface area (Å²) in [6.07, 6.45) is 0. The highest BCUT2D eigenvalue weighted by Gasteiger charge is 2.20. The Bertz CT molecular complexity index is 3550. The minimum absolute atomic E-state index is 0.624. The molecule has 0 saturated carbocycles. The van der Waals surface area contributed by atoms with Crippen LogP contribution in [0.25, 0.3) is 110 Å². The molecule has 0 atom stereocenters. The molecule has 0 aliphatic carbocycles. The fourth-order valence-electron chi connectivity index (χ4n) is 8.52. The number of hydrogen-bond acceptors (Lipinski definition) is 5. The Balaban J connectivity index is 1.05. The second kappa shape index (κ2) is 13.4. The minimum atomic E-state index is 0.624. The minimum Gasteiger partial charge on any atom is -0.309 e. The van der Waals surface area contributed by atoms with Crippen molar-refractivity contribution in [1.82, 2.24) is 29.1 Å². The van der Waals surface area contributed by atoms with Gasteiger partial charge in [-0.2, -0.15) is 0 Å². The molecule has 0 bridgehead atoms. The van der Waals surface area contributed by atoms with Crippen molar-refractivity contribution in [3.63, 3.8) is 0 Å². The summed E-state index contributed by atoms with van der Waals surface area (Å²) in [7, 11) is 0. The molecule has 4 heterocycles. The largest absolute Gasteiger partial charge is 0.309 e. The van der Waals surface area contributed by atoms with Crippen LogP contribution in [0.3, 0.4) is 0 Å². The molecule has 0 aliphatic rings. The summed E-state index contributed by atoms with van der Waals surface area (Å²) in [5.41, 5.74) is 10.4. The highest BCUT2D eigenvalue weighted by molar-refractivity contribution is 7.26. The maximum atomic E-state index is 5.29. The van der Waals surface area contributed by atoms with Crippen LogP contribution < -0.4 is 0 Å². The number of aromatic nitrogens is 6. The van der Waals surface area contributed by atoms with E-state index in [9.17, 15) is 0 Å². The fraction of sp³-hybridized carbons (Fsp3) is 0. The fourth-order valence-corrected chi connectivity index (χ4v) is 9.69. The van der Waals surface area contributed by atoms with Gasteiger partial charge in [-0.1, -0.05) is 133 Å². The third kappa shape index (κ3) is 5.47. The molecular weight excluding hydrogens is 741 g/mol. The molecule has 7 heteroatoms. The molecule has 0 unspecified atom stereocenters. The van der Waals surface area contributed by atoms with E-state index in [-0.39, 0.29) is 0 Å². The highest BCUT2D eigenvalue weighted by atomic mass is 32.1. The molecule has 12 aromatic rings. The van der Waals surface area contributed by atoms with Crippen LogP contribution in [-0.2, 0) is 0 Å². The van der Waals surface area contributed by atoms with E-state index in [1.165, 1.54) is 20.2 Å². The summed E-state index contributed by atoms with van der Waals surface area (Å²) in [5.74, 6) is 2.81. The predicted octanol–water partition coefficient (Wildman–Crippen LogP) is 13.3. The maximum Gasteiger partial charge on any atom is 0.164 e. The number of imidazole rings is 1. The van der Waals surface area contributed by atoms with Crippen LogP contribution in [0.15, 0.2) is 194 Å². The van der Waals surface area contributed by atoms with Crippen molar-refractivity contribution in [2.45, 2.75) is 0 Å². The molecular formula is C52H32N6S. The van der Waals surface area contributed by atoms with Gasteiger partial charge in [-0.15, -0.1) is 11.3 Å². The van der Waals surface area contributed by atoms with E-state index in [4.69, 9.17) is 19.9 Å². The van der Waals surface area contributed by atoms with E-state index >= 15 is 0 Å². The Morgan fingerprint density at radius 2 is 0.966 bits per heavy atom. The second-order valence-electron chi connectivity index (χ2n) is 14.7. The van der Waals surface area contributed by atoms with Crippen LogP contribution in [0.5, 0.6) is 0 Å². The van der Waals surface area contributed by atoms with Crippen LogP contribution in [0, 0.1) is 0 Å². The van der Waals surface area contributed by atoms with Gasteiger partial charge in [0, 0.05) is 64.6 Å². The number of thiophene rings is 1. The van der Waals surface area contributed by atoms with Crippen LogP contribution in [0.2, 0.25) is 0 Å². The molecule has 0 saturated heterocycles. The van der Waals surface area contributed by atoms with Crippen molar-refractivity contribution in [2.24, 2.45) is 0 Å². The van der Waals surface area contributed by atoms with Crippen molar-refractivity contribution in [1.29, 1.82) is 0 Å².